The van der Waals surface area contributed by atoms with Crippen LogP contribution in [0, 0.1) is 11.2 Å². The van der Waals surface area contributed by atoms with Gasteiger partial charge in [0.2, 0.25) is 0 Å². The van der Waals surface area contributed by atoms with Gasteiger partial charge in [0, 0.05) is 18.6 Å². The van der Waals surface area contributed by atoms with Gasteiger partial charge in [0.15, 0.2) is 0 Å². The summed E-state index contributed by atoms with van der Waals surface area (Å²) in [6.45, 7) is 6.41. The van der Waals surface area contributed by atoms with Crippen molar-refractivity contribution in [2.24, 2.45) is 5.41 Å². The molecule has 2 nitrogen and oxygen atoms in total. The summed E-state index contributed by atoms with van der Waals surface area (Å²) in [7, 11) is 0. The summed E-state index contributed by atoms with van der Waals surface area (Å²) in [5, 5.41) is 0. The minimum Gasteiger partial charge on any atom is -0.313 e. The Labute approximate surface area is 119 Å². The molecule has 0 aliphatic carbocycles. The van der Waals surface area contributed by atoms with Gasteiger partial charge in [0.1, 0.15) is 5.82 Å². The maximum atomic E-state index is 13.0. The van der Waals surface area contributed by atoms with Crippen LogP contribution in [0.4, 0.5) is 4.39 Å². The Morgan fingerprint density at radius 3 is 2.32 bits per heavy atom. The Morgan fingerprint density at radius 1 is 1.21 bits per heavy atom. The summed E-state index contributed by atoms with van der Waals surface area (Å²) in [5.74, 6) is -0.213. The summed E-state index contributed by atoms with van der Waals surface area (Å²) < 4.78 is 14.9. The highest BCUT2D eigenvalue weighted by Crippen LogP contribution is 2.34. The molecule has 2 aromatic rings. The zero-order chi connectivity index (χ0) is 13.2. The first kappa shape index (κ1) is 15.4. The van der Waals surface area contributed by atoms with Crippen LogP contribution in [-0.4, -0.2) is 9.55 Å². The van der Waals surface area contributed by atoms with Crippen LogP contribution in [0.25, 0.3) is 11.8 Å². The van der Waals surface area contributed by atoms with Gasteiger partial charge in [-0.05, 0) is 28.7 Å². The van der Waals surface area contributed by atoms with E-state index in [1.165, 1.54) is 12.1 Å². The molecule has 0 amide bonds. The molecule has 4 heteroatoms. The Balaban J connectivity index is 0.00000180. The highest BCUT2D eigenvalue weighted by molar-refractivity contribution is 5.85. The van der Waals surface area contributed by atoms with E-state index in [9.17, 15) is 4.39 Å². The fourth-order valence-electron chi connectivity index (χ4n) is 1.83. The fraction of sp³-hybridized carbons (Fsp3) is 0.267. The SMILES string of the molecule is CC(C)(C)C(=Cn1ccnc1)c1ccc(F)cc1.Cl. The van der Waals surface area contributed by atoms with Gasteiger partial charge in [-0.2, -0.15) is 0 Å². The third kappa shape index (κ3) is 3.93. The summed E-state index contributed by atoms with van der Waals surface area (Å²) in [6.07, 6.45) is 7.40. The van der Waals surface area contributed by atoms with E-state index in [1.54, 1.807) is 12.5 Å². The summed E-state index contributed by atoms with van der Waals surface area (Å²) in [4.78, 5) is 4.02. The predicted molar refractivity (Wildman–Crippen MR) is 79.5 cm³/mol. The van der Waals surface area contributed by atoms with E-state index < -0.39 is 0 Å². The molecule has 0 spiro atoms. The lowest BCUT2D eigenvalue weighted by Crippen LogP contribution is -2.09. The predicted octanol–water partition coefficient (Wildman–Crippen LogP) is 4.49. The molecule has 0 saturated carbocycles. The van der Waals surface area contributed by atoms with Gasteiger partial charge in [-0.25, -0.2) is 9.37 Å². The first-order valence-electron chi connectivity index (χ1n) is 5.92. The number of hydrogen-bond donors (Lipinski definition) is 0. The van der Waals surface area contributed by atoms with Crippen molar-refractivity contribution in [2.75, 3.05) is 0 Å². The van der Waals surface area contributed by atoms with Crippen molar-refractivity contribution >= 4 is 24.2 Å². The van der Waals surface area contributed by atoms with Crippen LogP contribution < -0.4 is 0 Å². The zero-order valence-corrected chi connectivity index (χ0v) is 12.1. The van der Waals surface area contributed by atoms with Crippen LogP contribution in [-0.2, 0) is 0 Å². The second kappa shape index (κ2) is 6.02. The number of nitrogens with zero attached hydrogens (tertiary/aromatic N) is 2. The molecule has 0 saturated heterocycles. The summed E-state index contributed by atoms with van der Waals surface area (Å²) in [5.41, 5.74) is 2.14. The maximum absolute atomic E-state index is 13.0. The van der Waals surface area contributed by atoms with Gasteiger partial charge in [-0.3, -0.25) is 0 Å². The molecule has 1 aromatic heterocycles. The van der Waals surface area contributed by atoms with E-state index in [4.69, 9.17) is 0 Å². The van der Waals surface area contributed by atoms with Crippen LogP contribution >= 0.6 is 12.4 Å². The number of hydrogen-bond acceptors (Lipinski definition) is 1. The van der Waals surface area contributed by atoms with Crippen LogP contribution in [0.1, 0.15) is 26.3 Å². The van der Waals surface area contributed by atoms with Crippen molar-refractivity contribution in [2.45, 2.75) is 20.8 Å². The monoisotopic (exact) mass is 280 g/mol. The quantitative estimate of drug-likeness (QED) is 0.793. The molecule has 0 fully saturated rings. The number of imidazole rings is 1. The minimum atomic E-state index is -0.213. The lowest BCUT2D eigenvalue weighted by molar-refractivity contribution is 0.567. The van der Waals surface area contributed by atoms with Crippen LogP contribution in [0.3, 0.4) is 0 Å². The van der Waals surface area contributed by atoms with Gasteiger partial charge in [0.25, 0.3) is 0 Å². The molecule has 0 aliphatic rings. The van der Waals surface area contributed by atoms with E-state index in [2.05, 4.69) is 25.8 Å². The molecule has 0 atom stereocenters. The van der Waals surface area contributed by atoms with Gasteiger partial charge in [-0.1, -0.05) is 32.9 Å². The molecule has 0 N–H and O–H groups in total. The summed E-state index contributed by atoms with van der Waals surface area (Å²) >= 11 is 0. The zero-order valence-electron chi connectivity index (χ0n) is 11.3. The van der Waals surface area contributed by atoms with E-state index in [-0.39, 0.29) is 23.6 Å². The Hall–Kier alpha value is -1.61. The molecule has 19 heavy (non-hydrogen) atoms. The van der Waals surface area contributed by atoms with Gasteiger partial charge >= 0.3 is 0 Å². The van der Waals surface area contributed by atoms with Crippen molar-refractivity contribution in [3.05, 3.63) is 54.4 Å². The highest BCUT2D eigenvalue weighted by atomic mass is 35.5. The first-order chi connectivity index (χ1) is 8.47. The standard InChI is InChI=1S/C15H17FN2.ClH/c1-15(2,3)14(10-18-9-8-17-11-18)12-4-6-13(16)7-5-12;/h4-11H,1-3H3;1H. The molecule has 0 bridgehead atoms. The van der Waals surface area contributed by atoms with Crippen molar-refractivity contribution in [1.29, 1.82) is 0 Å². The van der Waals surface area contributed by atoms with Gasteiger partial charge in [0.05, 0.1) is 6.33 Å². The van der Waals surface area contributed by atoms with E-state index in [1.807, 2.05) is 29.1 Å². The van der Waals surface area contributed by atoms with Crippen LogP contribution in [0.5, 0.6) is 0 Å². The van der Waals surface area contributed by atoms with Gasteiger partial charge in [-0.15, -0.1) is 12.4 Å². The van der Waals surface area contributed by atoms with Gasteiger partial charge < -0.3 is 4.57 Å². The van der Waals surface area contributed by atoms with Crippen LogP contribution in [0.2, 0.25) is 0 Å². The number of benzene rings is 1. The van der Waals surface area contributed by atoms with E-state index in [0.717, 1.165) is 11.1 Å². The Kier molecular flexibility index (Phi) is 4.90. The number of rotatable bonds is 2. The average Bonchev–Trinajstić information content (AvgIpc) is 2.79. The third-order valence-corrected chi connectivity index (χ3v) is 2.77. The number of allylic oxidation sites excluding steroid dienone is 1. The van der Waals surface area contributed by atoms with Crippen LogP contribution in [0.15, 0.2) is 43.0 Å². The fourth-order valence-corrected chi connectivity index (χ4v) is 1.83. The first-order valence-corrected chi connectivity index (χ1v) is 5.92. The normalized spacial score (nSPS) is 12.1. The molecule has 0 aliphatic heterocycles. The molecule has 2 rings (SSSR count). The van der Waals surface area contributed by atoms with Crippen molar-refractivity contribution < 1.29 is 4.39 Å². The van der Waals surface area contributed by atoms with Crippen molar-refractivity contribution in [3.63, 3.8) is 0 Å². The minimum absolute atomic E-state index is 0. The summed E-state index contributed by atoms with van der Waals surface area (Å²) in [6, 6.07) is 6.60. The maximum Gasteiger partial charge on any atom is 0.123 e. The highest BCUT2D eigenvalue weighted by Gasteiger charge is 2.19. The second-order valence-corrected chi connectivity index (χ2v) is 5.31. The van der Waals surface area contributed by atoms with E-state index in [0.29, 0.717) is 0 Å². The molecule has 1 aromatic carbocycles. The topological polar surface area (TPSA) is 17.8 Å². The smallest absolute Gasteiger partial charge is 0.123 e. The average molecular weight is 281 g/mol. The molecule has 0 radical (unpaired) electrons. The second-order valence-electron chi connectivity index (χ2n) is 5.31. The number of halogens is 2. The lowest BCUT2D eigenvalue weighted by Gasteiger charge is -2.23. The van der Waals surface area contributed by atoms with Crippen molar-refractivity contribution in [1.82, 2.24) is 9.55 Å². The Bertz CT molecular complexity index is 537. The Morgan fingerprint density at radius 2 is 1.84 bits per heavy atom. The largest absolute Gasteiger partial charge is 0.313 e. The lowest BCUT2D eigenvalue weighted by atomic mass is 9.82. The molecular weight excluding hydrogens is 263 g/mol. The third-order valence-electron chi connectivity index (χ3n) is 2.77. The molecule has 102 valence electrons. The molecule has 1 heterocycles. The molecular formula is C15H18ClFN2. The van der Waals surface area contributed by atoms with E-state index >= 15 is 0 Å². The molecule has 0 unspecified atom stereocenters. The number of aromatic nitrogens is 2. The van der Waals surface area contributed by atoms with Crippen molar-refractivity contribution in [3.8, 4) is 0 Å².